The first kappa shape index (κ1) is 15.9. The second kappa shape index (κ2) is 8.08. The molecule has 0 bridgehead atoms. The Hall–Kier alpha value is -5.34. The summed E-state index contributed by atoms with van der Waals surface area (Å²) in [6.45, 7) is 0. The first-order chi connectivity index (χ1) is 22.8. The second-order valence-corrected chi connectivity index (χ2v) is 9.91. The summed E-state index contributed by atoms with van der Waals surface area (Å²) in [7, 11) is 0. The van der Waals surface area contributed by atoms with Crippen LogP contribution in [0.4, 0.5) is 0 Å². The van der Waals surface area contributed by atoms with Crippen LogP contribution in [0.3, 0.4) is 0 Å². The molecule has 0 amide bonds. The van der Waals surface area contributed by atoms with E-state index in [0.29, 0.717) is 5.56 Å². The van der Waals surface area contributed by atoms with Gasteiger partial charge in [-0.05, 0) is 61.9 Å². The minimum atomic E-state index is -0.489. The summed E-state index contributed by atoms with van der Waals surface area (Å²) in [6.07, 6.45) is 1.80. The van der Waals surface area contributed by atoms with Crippen molar-refractivity contribution in [1.29, 1.82) is 0 Å². The van der Waals surface area contributed by atoms with Crippen LogP contribution in [0, 0.1) is 0 Å². The molecule has 2 aromatic heterocycles. The molecule has 9 rings (SSSR count). The van der Waals surface area contributed by atoms with Crippen molar-refractivity contribution < 1.29 is 18.4 Å². The SMILES string of the molecule is [2H]c1c([2H])c([2H])c2c([2H])c3c([2H])c(-c4c5ccccc5c(-c5coc6c5ccc5ccccc56)c5ccccc45)oc3c([2H])c2c1[2H]. The van der Waals surface area contributed by atoms with Gasteiger partial charge in [0.15, 0.2) is 0 Å². The molecule has 0 aliphatic heterocycles. The van der Waals surface area contributed by atoms with Crippen molar-refractivity contribution in [2.24, 2.45) is 0 Å². The van der Waals surface area contributed by atoms with Crippen molar-refractivity contribution in [2.75, 3.05) is 0 Å². The van der Waals surface area contributed by atoms with Crippen LogP contribution < -0.4 is 0 Å². The van der Waals surface area contributed by atoms with Gasteiger partial charge < -0.3 is 8.83 Å². The van der Waals surface area contributed by atoms with E-state index in [4.69, 9.17) is 17.1 Å². The number of fused-ring (bicyclic) bond motifs is 7. The van der Waals surface area contributed by atoms with Gasteiger partial charge >= 0.3 is 0 Å². The van der Waals surface area contributed by atoms with Gasteiger partial charge in [-0.2, -0.15) is 0 Å². The van der Waals surface area contributed by atoms with Gasteiger partial charge in [0, 0.05) is 32.8 Å². The zero-order valence-electron chi connectivity index (χ0n) is 28.0. The Balaban J connectivity index is 1.41. The largest absolute Gasteiger partial charge is 0.463 e. The van der Waals surface area contributed by atoms with Crippen molar-refractivity contribution in [3.05, 3.63) is 133 Å². The molecular weight excluding hydrogens is 488 g/mol. The van der Waals surface area contributed by atoms with Gasteiger partial charge in [0.2, 0.25) is 0 Å². The molecule has 40 heavy (non-hydrogen) atoms. The maximum Gasteiger partial charge on any atom is 0.142 e. The van der Waals surface area contributed by atoms with Crippen LogP contribution in [-0.4, -0.2) is 0 Å². The summed E-state index contributed by atoms with van der Waals surface area (Å²) in [5.41, 5.74) is 3.26. The van der Waals surface area contributed by atoms with E-state index >= 15 is 0 Å². The molecule has 0 saturated heterocycles. The number of furan rings is 2. The van der Waals surface area contributed by atoms with Crippen LogP contribution in [0.5, 0.6) is 0 Å². The second-order valence-electron chi connectivity index (χ2n) is 9.91. The summed E-state index contributed by atoms with van der Waals surface area (Å²) < 4.78 is 73.2. The third kappa shape index (κ3) is 2.99. The van der Waals surface area contributed by atoms with Crippen molar-refractivity contribution in [3.63, 3.8) is 0 Å². The molecule has 0 N–H and O–H groups in total. The first-order valence-corrected chi connectivity index (χ1v) is 13.0. The lowest BCUT2D eigenvalue weighted by molar-refractivity contribution is 0.620. The summed E-state index contributed by atoms with van der Waals surface area (Å²) in [5, 5.41) is 6.32. The number of benzene rings is 7. The summed E-state index contributed by atoms with van der Waals surface area (Å²) in [5.74, 6) is 0.162. The minimum absolute atomic E-state index is 0.0347. The Labute approximate surface area is 239 Å². The molecule has 2 nitrogen and oxygen atoms in total. The molecule has 2 heteroatoms. The molecule has 0 spiro atoms. The summed E-state index contributed by atoms with van der Waals surface area (Å²) >= 11 is 0. The van der Waals surface area contributed by atoms with Crippen LogP contribution in [0.1, 0.15) is 9.60 Å². The third-order valence-corrected chi connectivity index (χ3v) is 7.74. The number of hydrogen-bond acceptors (Lipinski definition) is 2. The lowest BCUT2D eigenvalue weighted by Crippen LogP contribution is -1.89. The van der Waals surface area contributed by atoms with E-state index in [2.05, 4.69) is 24.3 Å². The van der Waals surface area contributed by atoms with Gasteiger partial charge in [0.25, 0.3) is 0 Å². The molecule has 0 radical (unpaired) electrons. The van der Waals surface area contributed by atoms with E-state index in [1.165, 1.54) is 0 Å². The molecule has 0 fully saturated rings. The monoisotopic (exact) mass is 517 g/mol. The zero-order valence-corrected chi connectivity index (χ0v) is 21.0. The molecule has 0 saturated carbocycles. The smallest absolute Gasteiger partial charge is 0.142 e. The van der Waals surface area contributed by atoms with Gasteiger partial charge in [-0.15, -0.1) is 0 Å². The molecule has 0 atom stereocenters. The van der Waals surface area contributed by atoms with E-state index in [0.717, 1.165) is 54.4 Å². The van der Waals surface area contributed by atoms with Gasteiger partial charge in [-0.3, -0.25) is 0 Å². The van der Waals surface area contributed by atoms with Crippen LogP contribution >= 0.6 is 0 Å². The number of rotatable bonds is 2. The lowest BCUT2D eigenvalue weighted by atomic mass is 9.87. The highest BCUT2D eigenvalue weighted by Gasteiger charge is 2.21. The average Bonchev–Trinajstić information content (AvgIpc) is 3.68. The predicted octanol–water partition coefficient (Wildman–Crippen LogP) is 11.1. The quantitative estimate of drug-likeness (QED) is 0.213. The molecule has 0 aliphatic carbocycles. The van der Waals surface area contributed by atoms with Gasteiger partial charge in [-0.1, -0.05) is 103 Å². The van der Waals surface area contributed by atoms with E-state index in [1.54, 1.807) is 6.26 Å². The Morgan fingerprint density at radius 1 is 0.500 bits per heavy atom. The normalized spacial score (nSPS) is 14.4. The van der Waals surface area contributed by atoms with Crippen molar-refractivity contribution in [1.82, 2.24) is 0 Å². The molecule has 9 aromatic rings. The highest BCUT2D eigenvalue weighted by Crippen LogP contribution is 2.47. The number of hydrogen-bond donors (Lipinski definition) is 0. The minimum Gasteiger partial charge on any atom is -0.463 e. The Morgan fingerprint density at radius 3 is 1.85 bits per heavy atom. The Bertz CT molecular complexity index is 2770. The van der Waals surface area contributed by atoms with Crippen molar-refractivity contribution in [2.45, 2.75) is 0 Å². The standard InChI is InChI=1S/C38H22O2/c1-2-11-25-20-34-26(19-24(25)10-1)21-35(40-34)37-30-15-7-5-13-28(30)36(29-14-6-8-16-31(29)37)33-22-39-38-27-12-4-3-9-23(27)17-18-32(33)38/h1-22H/i1D,2D,10D,11D,19D,20D,21D. The topological polar surface area (TPSA) is 26.3 Å². The van der Waals surface area contributed by atoms with Crippen molar-refractivity contribution >= 4 is 65.0 Å². The lowest BCUT2D eigenvalue weighted by Gasteiger charge is -2.15. The average molecular weight is 518 g/mol. The summed E-state index contributed by atoms with van der Waals surface area (Å²) in [4.78, 5) is 0. The Morgan fingerprint density at radius 2 is 1.12 bits per heavy atom. The fourth-order valence-corrected chi connectivity index (χ4v) is 6.00. The van der Waals surface area contributed by atoms with Crippen LogP contribution in [0.25, 0.3) is 87.5 Å². The molecule has 2 heterocycles. The van der Waals surface area contributed by atoms with E-state index in [1.807, 2.05) is 60.7 Å². The molecule has 7 aromatic carbocycles. The summed E-state index contributed by atoms with van der Waals surface area (Å²) in [6, 6.07) is 25.6. The first-order valence-electron chi connectivity index (χ1n) is 16.5. The zero-order chi connectivity index (χ0) is 32.3. The fraction of sp³-hybridized carbons (Fsp3) is 0. The molecule has 0 unspecified atom stereocenters. The van der Waals surface area contributed by atoms with Gasteiger partial charge in [-0.25, -0.2) is 0 Å². The predicted molar refractivity (Wildman–Crippen MR) is 167 cm³/mol. The van der Waals surface area contributed by atoms with E-state index in [-0.39, 0.29) is 45.6 Å². The third-order valence-electron chi connectivity index (χ3n) is 7.74. The van der Waals surface area contributed by atoms with E-state index in [9.17, 15) is 1.37 Å². The van der Waals surface area contributed by atoms with Crippen molar-refractivity contribution in [3.8, 4) is 22.5 Å². The van der Waals surface area contributed by atoms with Crippen LogP contribution in [0.15, 0.2) is 142 Å². The van der Waals surface area contributed by atoms with Crippen LogP contribution in [-0.2, 0) is 0 Å². The maximum absolute atomic E-state index is 9.31. The van der Waals surface area contributed by atoms with Gasteiger partial charge in [0.05, 0.1) is 15.9 Å². The maximum atomic E-state index is 9.31. The Kier molecular flexibility index (Phi) is 3.22. The molecule has 0 aliphatic rings. The van der Waals surface area contributed by atoms with Gasteiger partial charge in [0.1, 0.15) is 16.9 Å². The molecular formula is C38H22O2. The molecule has 186 valence electrons. The van der Waals surface area contributed by atoms with Crippen LogP contribution in [0.2, 0.25) is 0 Å². The highest BCUT2D eigenvalue weighted by molar-refractivity contribution is 6.24. The highest BCUT2D eigenvalue weighted by atomic mass is 16.3. The van der Waals surface area contributed by atoms with E-state index < -0.39 is 24.2 Å². The fourth-order valence-electron chi connectivity index (χ4n) is 6.00.